The molecule has 27 heavy (non-hydrogen) atoms. The molecule has 0 aliphatic carbocycles. The van der Waals surface area contributed by atoms with Gasteiger partial charge in [0.1, 0.15) is 11.5 Å². The van der Waals surface area contributed by atoms with Gasteiger partial charge in [0, 0.05) is 11.6 Å². The maximum Gasteiger partial charge on any atom is 0.244 e. The number of carbonyl (C=O) groups excluding carboxylic acids is 1. The summed E-state index contributed by atoms with van der Waals surface area (Å²) >= 11 is 0. The van der Waals surface area contributed by atoms with E-state index < -0.39 is 0 Å². The van der Waals surface area contributed by atoms with E-state index in [9.17, 15) is 4.79 Å². The van der Waals surface area contributed by atoms with Crippen molar-refractivity contribution >= 4 is 22.4 Å². The van der Waals surface area contributed by atoms with Crippen molar-refractivity contribution in [1.82, 2.24) is 5.43 Å². The van der Waals surface area contributed by atoms with Gasteiger partial charge >= 0.3 is 0 Å². The van der Waals surface area contributed by atoms with E-state index in [-0.39, 0.29) is 12.3 Å². The van der Waals surface area contributed by atoms with Crippen LogP contribution in [0.3, 0.4) is 0 Å². The van der Waals surface area contributed by atoms with Crippen molar-refractivity contribution in [2.45, 2.75) is 13.3 Å². The van der Waals surface area contributed by atoms with Gasteiger partial charge in [0.25, 0.3) is 0 Å². The Kier molecular flexibility index (Phi) is 5.71. The molecule has 0 fully saturated rings. The Morgan fingerprint density at radius 1 is 1.00 bits per heavy atom. The number of carbonyl (C=O) groups is 1. The SMILES string of the molecule is COc1ccc(C(C)=NNC(=O)Cc2cccc3ccccc23)c(OC)c1. The maximum absolute atomic E-state index is 12.4. The lowest BCUT2D eigenvalue weighted by atomic mass is 10.0. The minimum absolute atomic E-state index is 0.168. The van der Waals surface area contributed by atoms with Crippen LogP contribution in [0.1, 0.15) is 18.1 Å². The third kappa shape index (κ3) is 4.26. The molecule has 3 rings (SSSR count). The second kappa shape index (κ2) is 8.36. The number of amides is 1. The number of fused-ring (bicyclic) bond motifs is 1. The Morgan fingerprint density at radius 2 is 1.78 bits per heavy atom. The lowest BCUT2D eigenvalue weighted by Gasteiger charge is -2.10. The van der Waals surface area contributed by atoms with Gasteiger partial charge in [-0.05, 0) is 35.4 Å². The van der Waals surface area contributed by atoms with Crippen molar-refractivity contribution in [1.29, 1.82) is 0 Å². The first-order chi connectivity index (χ1) is 13.1. The van der Waals surface area contributed by atoms with Crippen LogP contribution >= 0.6 is 0 Å². The zero-order chi connectivity index (χ0) is 19.2. The van der Waals surface area contributed by atoms with E-state index in [0.717, 1.165) is 21.9 Å². The van der Waals surface area contributed by atoms with Crippen molar-refractivity contribution in [3.8, 4) is 11.5 Å². The van der Waals surface area contributed by atoms with Crippen LogP contribution in [0.2, 0.25) is 0 Å². The average Bonchev–Trinajstić information content (AvgIpc) is 2.71. The van der Waals surface area contributed by atoms with Gasteiger partial charge in [-0.15, -0.1) is 0 Å². The van der Waals surface area contributed by atoms with Crippen molar-refractivity contribution in [2.24, 2.45) is 5.10 Å². The number of hydrazone groups is 1. The summed E-state index contributed by atoms with van der Waals surface area (Å²) in [7, 11) is 3.19. The quantitative estimate of drug-likeness (QED) is 0.534. The molecule has 1 N–H and O–H groups in total. The number of nitrogens with zero attached hydrogens (tertiary/aromatic N) is 1. The van der Waals surface area contributed by atoms with Crippen LogP contribution in [0.5, 0.6) is 11.5 Å². The number of hydrogen-bond donors (Lipinski definition) is 1. The summed E-state index contributed by atoms with van der Waals surface area (Å²) in [5.41, 5.74) is 5.06. The lowest BCUT2D eigenvalue weighted by molar-refractivity contribution is -0.120. The molecule has 1 amide bonds. The highest BCUT2D eigenvalue weighted by atomic mass is 16.5. The number of benzene rings is 3. The van der Waals surface area contributed by atoms with E-state index in [1.165, 1.54) is 0 Å². The molecule has 0 bridgehead atoms. The topological polar surface area (TPSA) is 59.9 Å². The van der Waals surface area contributed by atoms with E-state index >= 15 is 0 Å². The van der Waals surface area contributed by atoms with Crippen LogP contribution < -0.4 is 14.9 Å². The molecule has 3 aromatic rings. The highest BCUT2D eigenvalue weighted by Crippen LogP contribution is 2.25. The second-order valence-corrected chi connectivity index (χ2v) is 6.11. The molecule has 5 nitrogen and oxygen atoms in total. The van der Waals surface area contributed by atoms with Gasteiger partial charge in [0.2, 0.25) is 5.91 Å². The van der Waals surface area contributed by atoms with Gasteiger partial charge in [-0.2, -0.15) is 5.10 Å². The summed E-state index contributed by atoms with van der Waals surface area (Å²) < 4.78 is 10.6. The van der Waals surface area contributed by atoms with E-state index in [1.54, 1.807) is 20.3 Å². The van der Waals surface area contributed by atoms with Crippen molar-refractivity contribution in [2.75, 3.05) is 14.2 Å². The minimum Gasteiger partial charge on any atom is -0.497 e. The third-order valence-electron chi connectivity index (χ3n) is 4.38. The van der Waals surface area contributed by atoms with Gasteiger partial charge in [0.05, 0.1) is 26.4 Å². The van der Waals surface area contributed by atoms with Crippen molar-refractivity contribution < 1.29 is 14.3 Å². The number of hydrogen-bond acceptors (Lipinski definition) is 4. The van der Waals surface area contributed by atoms with Gasteiger partial charge < -0.3 is 9.47 Å². The molecule has 5 heteroatoms. The fourth-order valence-corrected chi connectivity index (χ4v) is 2.96. The van der Waals surface area contributed by atoms with E-state index in [2.05, 4.69) is 10.5 Å². The summed E-state index contributed by atoms with van der Waals surface area (Å²) in [5.74, 6) is 1.17. The molecule has 0 unspecified atom stereocenters. The summed E-state index contributed by atoms with van der Waals surface area (Å²) in [6.07, 6.45) is 0.262. The molecular formula is C22H22N2O3. The molecule has 3 aromatic carbocycles. The first-order valence-electron chi connectivity index (χ1n) is 8.64. The third-order valence-corrected chi connectivity index (χ3v) is 4.38. The molecule has 0 aromatic heterocycles. The highest BCUT2D eigenvalue weighted by molar-refractivity contribution is 6.02. The zero-order valence-corrected chi connectivity index (χ0v) is 15.7. The number of ether oxygens (including phenoxy) is 2. The first-order valence-corrected chi connectivity index (χ1v) is 8.64. The minimum atomic E-state index is -0.168. The number of rotatable bonds is 6. The molecule has 0 heterocycles. The normalized spacial score (nSPS) is 11.3. The van der Waals surface area contributed by atoms with Crippen LogP contribution in [0.25, 0.3) is 10.8 Å². The molecule has 0 radical (unpaired) electrons. The standard InChI is InChI=1S/C22H22N2O3/c1-15(19-12-11-18(26-2)14-21(19)27-3)23-24-22(25)13-17-9-6-8-16-7-4-5-10-20(16)17/h4-12,14H,13H2,1-3H3,(H,24,25). The molecule has 0 spiro atoms. The van der Waals surface area contributed by atoms with Crippen molar-refractivity contribution in [3.05, 3.63) is 71.8 Å². The lowest BCUT2D eigenvalue weighted by Crippen LogP contribution is -2.21. The average molecular weight is 362 g/mol. The number of nitrogens with one attached hydrogen (secondary N) is 1. The Morgan fingerprint density at radius 3 is 2.56 bits per heavy atom. The number of methoxy groups -OCH3 is 2. The summed E-state index contributed by atoms with van der Waals surface area (Å²) in [6, 6.07) is 19.4. The molecule has 0 saturated heterocycles. The molecule has 0 aliphatic heterocycles. The van der Waals surface area contributed by atoms with Gasteiger partial charge in [-0.3, -0.25) is 4.79 Å². The molecule has 0 atom stereocenters. The van der Waals surface area contributed by atoms with Crippen LogP contribution in [0.4, 0.5) is 0 Å². The Labute approximate surface area is 158 Å². The Bertz CT molecular complexity index is 991. The highest BCUT2D eigenvalue weighted by Gasteiger charge is 2.10. The smallest absolute Gasteiger partial charge is 0.244 e. The van der Waals surface area contributed by atoms with Gasteiger partial charge in [-0.1, -0.05) is 42.5 Å². The molecule has 138 valence electrons. The largest absolute Gasteiger partial charge is 0.497 e. The van der Waals surface area contributed by atoms with Crippen LogP contribution in [-0.4, -0.2) is 25.8 Å². The Hall–Kier alpha value is -3.34. The van der Waals surface area contributed by atoms with Gasteiger partial charge in [0.15, 0.2) is 0 Å². The van der Waals surface area contributed by atoms with Crippen molar-refractivity contribution in [3.63, 3.8) is 0 Å². The monoisotopic (exact) mass is 362 g/mol. The second-order valence-electron chi connectivity index (χ2n) is 6.11. The fourth-order valence-electron chi connectivity index (χ4n) is 2.96. The predicted octanol–water partition coefficient (Wildman–Crippen LogP) is 3.94. The summed E-state index contributed by atoms with van der Waals surface area (Å²) in [4.78, 5) is 12.4. The summed E-state index contributed by atoms with van der Waals surface area (Å²) in [5, 5.41) is 6.42. The zero-order valence-electron chi connectivity index (χ0n) is 15.7. The molecule has 0 saturated carbocycles. The first kappa shape index (κ1) is 18.5. The molecule has 0 aliphatic rings. The fraction of sp³-hybridized carbons (Fsp3) is 0.182. The predicted molar refractivity (Wildman–Crippen MR) is 108 cm³/mol. The van der Waals surface area contributed by atoms with Crippen LogP contribution in [0.15, 0.2) is 65.8 Å². The van der Waals surface area contributed by atoms with E-state index in [0.29, 0.717) is 17.2 Å². The Balaban J connectivity index is 1.74. The van der Waals surface area contributed by atoms with Gasteiger partial charge in [-0.25, -0.2) is 5.43 Å². The maximum atomic E-state index is 12.4. The van der Waals surface area contributed by atoms with E-state index in [1.807, 2.05) is 61.5 Å². The van der Waals surface area contributed by atoms with E-state index in [4.69, 9.17) is 9.47 Å². The molecular weight excluding hydrogens is 340 g/mol. The van der Waals surface area contributed by atoms with Crippen LogP contribution in [0, 0.1) is 0 Å². The summed E-state index contributed by atoms with van der Waals surface area (Å²) in [6.45, 7) is 1.82. The van der Waals surface area contributed by atoms with Crippen LogP contribution in [-0.2, 0) is 11.2 Å².